The Labute approximate surface area is 105 Å². The first-order chi connectivity index (χ1) is 7.66. The van der Waals surface area contributed by atoms with E-state index in [1.54, 1.807) is 18.2 Å². The third kappa shape index (κ3) is 2.57. The Bertz CT molecular complexity index is 508. The molecular formula is C12H8BrFOS. The summed E-state index contributed by atoms with van der Waals surface area (Å²) < 4.78 is 14.2. The van der Waals surface area contributed by atoms with E-state index in [0.717, 1.165) is 0 Å². The predicted octanol–water partition coefficient (Wildman–Crippen LogP) is 4.08. The lowest BCUT2D eigenvalue weighted by Crippen LogP contribution is -2.03. The van der Waals surface area contributed by atoms with Crippen molar-refractivity contribution < 1.29 is 9.18 Å². The molecule has 1 aromatic heterocycles. The van der Waals surface area contributed by atoms with Gasteiger partial charge in [0, 0.05) is 10.9 Å². The van der Waals surface area contributed by atoms with Crippen LogP contribution in [0.2, 0.25) is 0 Å². The third-order valence-electron chi connectivity index (χ3n) is 2.16. The van der Waals surface area contributed by atoms with Crippen molar-refractivity contribution >= 4 is 33.0 Å². The third-order valence-corrected chi connectivity index (χ3v) is 3.57. The summed E-state index contributed by atoms with van der Waals surface area (Å²) >= 11 is 4.56. The highest BCUT2D eigenvalue weighted by Gasteiger charge is 2.11. The molecule has 0 aliphatic carbocycles. The van der Waals surface area contributed by atoms with E-state index in [2.05, 4.69) is 15.9 Å². The quantitative estimate of drug-likeness (QED) is 0.781. The molecule has 1 aromatic carbocycles. The number of benzene rings is 1. The molecule has 1 nitrogen and oxygen atoms in total. The highest BCUT2D eigenvalue weighted by atomic mass is 79.9. The summed E-state index contributed by atoms with van der Waals surface area (Å²) in [5.74, 6) is -0.393. The van der Waals surface area contributed by atoms with E-state index in [0.29, 0.717) is 14.9 Å². The molecule has 0 spiro atoms. The van der Waals surface area contributed by atoms with Crippen LogP contribution in [0.25, 0.3) is 0 Å². The number of carbonyl (C=O) groups is 1. The number of thiophene rings is 1. The van der Waals surface area contributed by atoms with Gasteiger partial charge in [0.1, 0.15) is 5.82 Å². The summed E-state index contributed by atoms with van der Waals surface area (Å²) in [6, 6.07) is 8.31. The van der Waals surface area contributed by atoms with Crippen LogP contribution in [0.3, 0.4) is 0 Å². The van der Waals surface area contributed by atoms with E-state index in [9.17, 15) is 9.18 Å². The molecule has 0 bridgehead atoms. The average molecular weight is 299 g/mol. The molecule has 82 valence electrons. The first-order valence-corrected chi connectivity index (χ1v) is 6.35. The normalized spacial score (nSPS) is 10.4. The van der Waals surface area contributed by atoms with E-state index in [1.807, 2.05) is 11.4 Å². The van der Waals surface area contributed by atoms with Crippen LogP contribution in [0.15, 0.2) is 40.2 Å². The number of Topliss-reactive ketones (excluding diaryl/α,β-unsaturated/α-hetero) is 1. The Kier molecular flexibility index (Phi) is 3.51. The van der Waals surface area contributed by atoms with Crippen molar-refractivity contribution in [2.75, 3.05) is 0 Å². The number of carbonyl (C=O) groups excluding carboxylic acids is 1. The van der Waals surface area contributed by atoms with E-state index in [4.69, 9.17) is 0 Å². The Morgan fingerprint density at radius 2 is 2.19 bits per heavy atom. The van der Waals surface area contributed by atoms with Crippen molar-refractivity contribution in [3.05, 3.63) is 56.4 Å². The van der Waals surface area contributed by atoms with Crippen molar-refractivity contribution in [3.8, 4) is 0 Å². The van der Waals surface area contributed by atoms with Gasteiger partial charge in [-0.3, -0.25) is 4.79 Å². The van der Waals surface area contributed by atoms with Gasteiger partial charge in [0.25, 0.3) is 0 Å². The van der Waals surface area contributed by atoms with Crippen molar-refractivity contribution in [2.24, 2.45) is 0 Å². The summed E-state index contributed by atoms with van der Waals surface area (Å²) in [4.78, 5) is 12.4. The van der Waals surface area contributed by atoms with E-state index >= 15 is 0 Å². The van der Waals surface area contributed by atoms with Gasteiger partial charge in [0.15, 0.2) is 5.78 Å². The van der Waals surface area contributed by atoms with Gasteiger partial charge in [0.2, 0.25) is 0 Å². The summed E-state index contributed by atoms with van der Waals surface area (Å²) in [5, 5.41) is 1.84. The van der Waals surface area contributed by atoms with Gasteiger partial charge in [-0.1, -0.05) is 28.1 Å². The number of hydrogen-bond donors (Lipinski definition) is 0. The van der Waals surface area contributed by atoms with Crippen molar-refractivity contribution in [1.82, 2.24) is 0 Å². The molecule has 0 aliphatic heterocycles. The van der Waals surface area contributed by atoms with Gasteiger partial charge >= 0.3 is 0 Å². The smallest absolute Gasteiger partial charge is 0.177 e. The molecule has 0 radical (unpaired) electrons. The van der Waals surface area contributed by atoms with Gasteiger partial charge in [-0.05, 0) is 29.1 Å². The van der Waals surface area contributed by atoms with Crippen LogP contribution in [0, 0.1) is 5.82 Å². The number of ketones is 1. The van der Waals surface area contributed by atoms with Gasteiger partial charge in [-0.25, -0.2) is 4.39 Å². The molecule has 0 atom stereocenters. The Balaban J connectivity index is 2.18. The summed E-state index contributed by atoms with van der Waals surface area (Å²) in [6.45, 7) is 0. The fourth-order valence-electron chi connectivity index (χ4n) is 1.36. The van der Waals surface area contributed by atoms with Crippen LogP contribution in [-0.4, -0.2) is 5.78 Å². The fraction of sp³-hybridized carbons (Fsp3) is 0.0833. The Morgan fingerprint density at radius 1 is 1.38 bits per heavy atom. The minimum atomic E-state index is -0.348. The van der Waals surface area contributed by atoms with Crippen LogP contribution in [-0.2, 0) is 6.42 Å². The summed E-state index contributed by atoms with van der Waals surface area (Å²) in [6.07, 6.45) is 0.111. The van der Waals surface area contributed by atoms with Crippen LogP contribution in [0.4, 0.5) is 4.39 Å². The van der Waals surface area contributed by atoms with Crippen LogP contribution in [0.5, 0.6) is 0 Å². The number of hydrogen-bond acceptors (Lipinski definition) is 2. The number of halogens is 2. The zero-order valence-corrected chi connectivity index (χ0v) is 10.6. The second-order valence-corrected chi connectivity index (χ2v) is 5.18. The van der Waals surface area contributed by atoms with E-state index in [1.165, 1.54) is 17.4 Å². The fourth-order valence-corrected chi connectivity index (χ4v) is 2.36. The Hall–Kier alpha value is -1.00. The highest BCUT2D eigenvalue weighted by Crippen LogP contribution is 2.18. The van der Waals surface area contributed by atoms with E-state index < -0.39 is 0 Å². The summed E-state index contributed by atoms with van der Waals surface area (Å²) in [7, 11) is 0. The SMILES string of the molecule is O=C(Cc1ccc(Br)cc1F)c1cccs1. The maximum atomic E-state index is 13.5. The lowest BCUT2D eigenvalue weighted by molar-refractivity contribution is 0.0995. The molecule has 0 aliphatic rings. The lowest BCUT2D eigenvalue weighted by atomic mass is 10.1. The predicted molar refractivity (Wildman–Crippen MR) is 66.5 cm³/mol. The lowest BCUT2D eigenvalue weighted by Gasteiger charge is -2.01. The zero-order valence-electron chi connectivity index (χ0n) is 8.24. The Morgan fingerprint density at radius 3 is 2.81 bits per heavy atom. The van der Waals surface area contributed by atoms with Crippen molar-refractivity contribution in [2.45, 2.75) is 6.42 Å². The average Bonchev–Trinajstić information content (AvgIpc) is 2.75. The standard InChI is InChI=1S/C12H8BrFOS/c13-9-4-3-8(10(14)7-9)6-11(15)12-2-1-5-16-12/h1-5,7H,6H2. The molecule has 16 heavy (non-hydrogen) atoms. The largest absolute Gasteiger partial charge is 0.293 e. The molecule has 0 N–H and O–H groups in total. The highest BCUT2D eigenvalue weighted by molar-refractivity contribution is 9.10. The molecule has 0 saturated heterocycles. The van der Waals surface area contributed by atoms with Gasteiger partial charge < -0.3 is 0 Å². The molecular weight excluding hydrogens is 291 g/mol. The van der Waals surface area contributed by atoms with E-state index in [-0.39, 0.29) is 18.0 Å². The topological polar surface area (TPSA) is 17.1 Å². The monoisotopic (exact) mass is 298 g/mol. The van der Waals surface area contributed by atoms with Crippen molar-refractivity contribution in [1.29, 1.82) is 0 Å². The maximum Gasteiger partial charge on any atom is 0.177 e. The molecule has 2 rings (SSSR count). The molecule has 4 heteroatoms. The van der Waals surface area contributed by atoms with Gasteiger partial charge in [-0.2, -0.15) is 0 Å². The van der Waals surface area contributed by atoms with Crippen LogP contribution in [0.1, 0.15) is 15.2 Å². The molecule has 0 fully saturated rings. The van der Waals surface area contributed by atoms with Gasteiger partial charge in [-0.15, -0.1) is 11.3 Å². The van der Waals surface area contributed by atoms with Gasteiger partial charge in [0.05, 0.1) is 4.88 Å². The summed E-state index contributed by atoms with van der Waals surface area (Å²) in [5.41, 5.74) is 0.432. The first kappa shape index (κ1) is 11.5. The number of rotatable bonds is 3. The molecule has 2 aromatic rings. The van der Waals surface area contributed by atoms with Crippen molar-refractivity contribution in [3.63, 3.8) is 0 Å². The molecule has 0 amide bonds. The van der Waals surface area contributed by atoms with Crippen LogP contribution < -0.4 is 0 Å². The van der Waals surface area contributed by atoms with Crippen LogP contribution >= 0.6 is 27.3 Å². The second-order valence-electron chi connectivity index (χ2n) is 3.31. The minimum Gasteiger partial charge on any atom is -0.293 e. The molecule has 1 heterocycles. The first-order valence-electron chi connectivity index (χ1n) is 4.67. The molecule has 0 unspecified atom stereocenters. The second kappa shape index (κ2) is 4.89. The minimum absolute atomic E-state index is 0.0452. The zero-order chi connectivity index (χ0) is 11.5. The molecule has 0 saturated carbocycles. The maximum absolute atomic E-state index is 13.5.